The van der Waals surface area contributed by atoms with Crippen molar-refractivity contribution in [1.82, 2.24) is 5.32 Å². The van der Waals surface area contributed by atoms with Crippen molar-refractivity contribution in [3.05, 3.63) is 22.7 Å². The molecule has 0 bridgehead atoms. The van der Waals surface area contributed by atoms with Crippen LogP contribution in [0.25, 0.3) is 0 Å². The van der Waals surface area contributed by atoms with Crippen molar-refractivity contribution in [3.63, 3.8) is 0 Å². The van der Waals surface area contributed by atoms with Crippen LogP contribution in [0.2, 0.25) is 5.02 Å². The number of halogens is 1. The Labute approximate surface area is 138 Å². The highest BCUT2D eigenvalue weighted by molar-refractivity contribution is 6.33. The zero-order valence-electron chi connectivity index (χ0n) is 13.6. The monoisotopic (exact) mass is 319 g/mol. The summed E-state index contributed by atoms with van der Waals surface area (Å²) < 4.78 is 0. The Morgan fingerprint density at radius 1 is 1.23 bits per heavy atom. The average molecular weight is 320 g/mol. The van der Waals surface area contributed by atoms with Gasteiger partial charge >= 0.3 is 0 Å². The van der Waals surface area contributed by atoms with Gasteiger partial charge in [0.05, 0.1) is 10.7 Å². The van der Waals surface area contributed by atoms with Crippen LogP contribution >= 0.6 is 11.6 Å². The molecule has 1 saturated heterocycles. The third-order valence-electron chi connectivity index (χ3n) is 5.50. The van der Waals surface area contributed by atoms with Crippen LogP contribution < -0.4 is 15.5 Å². The fourth-order valence-electron chi connectivity index (χ4n) is 4.64. The molecule has 1 aromatic carbocycles. The number of nitrogens with zero attached hydrogens (tertiary/aromatic N) is 1. The molecule has 1 aromatic rings. The van der Waals surface area contributed by atoms with Crippen LogP contribution in [-0.2, 0) is 6.42 Å². The molecule has 2 N–H and O–H groups in total. The van der Waals surface area contributed by atoms with Crippen LogP contribution in [-0.4, -0.2) is 30.7 Å². The maximum Gasteiger partial charge on any atom is 0.0641 e. The molecule has 0 unspecified atom stereocenters. The lowest BCUT2D eigenvalue weighted by Crippen LogP contribution is -2.67. The van der Waals surface area contributed by atoms with Gasteiger partial charge in [0, 0.05) is 42.0 Å². The standard InChI is InChI=1S/C18H26ClN3/c1-18(2)11-22(16-6-4-3-5-14(16)21-18)15-8-7-13(19)17-12(15)9-10-20-17/h7-8,14,16,20-21H,3-6,9-11H2,1-2H3/t14-,16+/m0/s1. The second kappa shape index (κ2) is 5.31. The van der Waals surface area contributed by atoms with Gasteiger partial charge in [-0.1, -0.05) is 24.4 Å². The summed E-state index contributed by atoms with van der Waals surface area (Å²) in [6.07, 6.45) is 6.41. The summed E-state index contributed by atoms with van der Waals surface area (Å²) in [6.45, 7) is 6.75. The van der Waals surface area contributed by atoms with E-state index in [1.165, 1.54) is 42.6 Å². The average Bonchev–Trinajstić information content (AvgIpc) is 2.96. The number of fused-ring (bicyclic) bond motifs is 2. The van der Waals surface area contributed by atoms with Gasteiger partial charge < -0.3 is 15.5 Å². The van der Waals surface area contributed by atoms with Crippen LogP contribution in [0.15, 0.2) is 12.1 Å². The molecule has 2 fully saturated rings. The lowest BCUT2D eigenvalue weighted by molar-refractivity contribution is 0.199. The number of hydrogen-bond acceptors (Lipinski definition) is 3. The molecule has 0 radical (unpaired) electrons. The predicted octanol–water partition coefficient (Wildman–Crippen LogP) is 3.81. The fraction of sp³-hybridized carbons (Fsp3) is 0.667. The number of piperazine rings is 1. The van der Waals surface area contributed by atoms with Gasteiger partial charge in [-0.2, -0.15) is 0 Å². The highest BCUT2D eigenvalue weighted by Crippen LogP contribution is 2.41. The Kier molecular flexibility index (Phi) is 3.54. The van der Waals surface area contributed by atoms with Crippen molar-refractivity contribution in [2.24, 2.45) is 0 Å². The zero-order chi connectivity index (χ0) is 15.3. The summed E-state index contributed by atoms with van der Waals surface area (Å²) in [4.78, 5) is 2.68. The molecule has 4 rings (SSSR count). The number of anilines is 2. The van der Waals surface area contributed by atoms with Gasteiger partial charge in [-0.15, -0.1) is 0 Å². The highest BCUT2D eigenvalue weighted by atomic mass is 35.5. The zero-order valence-corrected chi connectivity index (χ0v) is 14.3. The minimum Gasteiger partial charge on any atom is -0.383 e. The van der Waals surface area contributed by atoms with E-state index in [-0.39, 0.29) is 5.54 Å². The first-order chi connectivity index (χ1) is 10.6. The Hall–Kier alpha value is -0.930. The molecule has 1 aliphatic carbocycles. The van der Waals surface area contributed by atoms with E-state index in [1.54, 1.807) is 0 Å². The van der Waals surface area contributed by atoms with E-state index in [0.29, 0.717) is 12.1 Å². The third kappa shape index (κ3) is 2.39. The lowest BCUT2D eigenvalue weighted by Gasteiger charge is -2.52. The summed E-state index contributed by atoms with van der Waals surface area (Å²) in [6, 6.07) is 5.58. The molecule has 4 heteroatoms. The van der Waals surface area contributed by atoms with Crippen LogP contribution in [0.3, 0.4) is 0 Å². The largest absolute Gasteiger partial charge is 0.383 e. The minimum atomic E-state index is 0.164. The van der Waals surface area contributed by atoms with Gasteiger partial charge in [-0.05, 0) is 45.2 Å². The molecule has 0 spiro atoms. The number of nitrogens with one attached hydrogen (secondary N) is 2. The van der Waals surface area contributed by atoms with E-state index in [2.05, 4.69) is 41.5 Å². The molecule has 0 amide bonds. The van der Waals surface area contributed by atoms with Crippen molar-refractivity contribution in [2.45, 2.75) is 63.6 Å². The van der Waals surface area contributed by atoms with E-state index in [1.807, 2.05) is 0 Å². The molecule has 22 heavy (non-hydrogen) atoms. The van der Waals surface area contributed by atoms with Crippen molar-refractivity contribution in [2.75, 3.05) is 23.3 Å². The van der Waals surface area contributed by atoms with E-state index in [0.717, 1.165) is 24.5 Å². The minimum absolute atomic E-state index is 0.164. The second-order valence-electron chi connectivity index (χ2n) is 7.71. The Bertz CT molecular complexity index is 584. The maximum atomic E-state index is 6.38. The summed E-state index contributed by atoms with van der Waals surface area (Å²) in [7, 11) is 0. The lowest BCUT2D eigenvalue weighted by atomic mass is 9.82. The predicted molar refractivity (Wildman–Crippen MR) is 94.3 cm³/mol. The van der Waals surface area contributed by atoms with Crippen molar-refractivity contribution < 1.29 is 0 Å². The van der Waals surface area contributed by atoms with Crippen molar-refractivity contribution in [3.8, 4) is 0 Å². The number of rotatable bonds is 1. The van der Waals surface area contributed by atoms with Gasteiger partial charge in [0.15, 0.2) is 0 Å². The van der Waals surface area contributed by atoms with E-state index >= 15 is 0 Å². The van der Waals surface area contributed by atoms with E-state index in [9.17, 15) is 0 Å². The molecule has 3 nitrogen and oxygen atoms in total. The molecule has 120 valence electrons. The topological polar surface area (TPSA) is 27.3 Å². The first kappa shape index (κ1) is 14.6. The van der Waals surface area contributed by atoms with Gasteiger partial charge in [-0.25, -0.2) is 0 Å². The molecule has 3 aliphatic rings. The first-order valence-corrected chi connectivity index (χ1v) is 9.02. The third-order valence-corrected chi connectivity index (χ3v) is 5.81. The SMILES string of the molecule is CC1(C)CN(c2ccc(Cl)c3c2CCN3)[C@@H]2CCCC[C@@H]2N1. The Morgan fingerprint density at radius 2 is 2.05 bits per heavy atom. The van der Waals surface area contributed by atoms with Gasteiger partial charge in [0.25, 0.3) is 0 Å². The normalized spacial score (nSPS) is 29.7. The molecule has 2 aliphatic heterocycles. The van der Waals surface area contributed by atoms with E-state index in [4.69, 9.17) is 11.6 Å². The summed E-state index contributed by atoms with van der Waals surface area (Å²) in [5.74, 6) is 0. The summed E-state index contributed by atoms with van der Waals surface area (Å²) in [5, 5.41) is 8.22. The molecular formula is C18H26ClN3. The summed E-state index contributed by atoms with van der Waals surface area (Å²) >= 11 is 6.38. The van der Waals surface area contributed by atoms with Gasteiger partial charge in [0.2, 0.25) is 0 Å². The number of hydrogen-bond donors (Lipinski definition) is 2. The maximum absolute atomic E-state index is 6.38. The Morgan fingerprint density at radius 3 is 2.91 bits per heavy atom. The Balaban J connectivity index is 1.75. The van der Waals surface area contributed by atoms with Crippen LogP contribution in [0, 0.1) is 0 Å². The molecule has 2 heterocycles. The van der Waals surface area contributed by atoms with Crippen LogP contribution in [0.4, 0.5) is 11.4 Å². The van der Waals surface area contributed by atoms with Crippen LogP contribution in [0.1, 0.15) is 45.1 Å². The quantitative estimate of drug-likeness (QED) is 0.824. The second-order valence-corrected chi connectivity index (χ2v) is 8.12. The molecule has 2 atom stereocenters. The van der Waals surface area contributed by atoms with E-state index < -0.39 is 0 Å². The van der Waals surface area contributed by atoms with Gasteiger partial charge in [0.1, 0.15) is 0 Å². The molecule has 0 aromatic heterocycles. The van der Waals surface area contributed by atoms with Crippen molar-refractivity contribution >= 4 is 23.0 Å². The first-order valence-electron chi connectivity index (χ1n) is 8.65. The fourth-order valence-corrected chi connectivity index (χ4v) is 4.89. The number of benzene rings is 1. The molecular weight excluding hydrogens is 294 g/mol. The van der Waals surface area contributed by atoms with Crippen molar-refractivity contribution in [1.29, 1.82) is 0 Å². The highest BCUT2D eigenvalue weighted by Gasteiger charge is 2.41. The van der Waals surface area contributed by atoms with Gasteiger partial charge in [-0.3, -0.25) is 0 Å². The molecule has 1 saturated carbocycles. The summed E-state index contributed by atoms with van der Waals surface area (Å²) in [5.41, 5.74) is 4.17. The van der Waals surface area contributed by atoms with Crippen LogP contribution in [0.5, 0.6) is 0 Å². The smallest absolute Gasteiger partial charge is 0.0641 e.